The Morgan fingerprint density at radius 2 is 1.89 bits per heavy atom. The van der Waals surface area contributed by atoms with Gasteiger partial charge in [-0.25, -0.2) is 4.99 Å². The SMILES string of the molecule is Cc1c(O)ccc(N=C2C=CC(=O)C=C2Cl)c1C. The van der Waals surface area contributed by atoms with Crippen LogP contribution in [0.3, 0.4) is 0 Å². The van der Waals surface area contributed by atoms with Gasteiger partial charge in [-0.3, -0.25) is 4.79 Å². The first-order chi connectivity index (χ1) is 8.49. The lowest BCUT2D eigenvalue weighted by Crippen LogP contribution is -2.03. The number of carbonyl (C=O) groups is 1. The van der Waals surface area contributed by atoms with Crippen molar-refractivity contribution in [2.45, 2.75) is 13.8 Å². The van der Waals surface area contributed by atoms with E-state index in [0.29, 0.717) is 10.7 Å². The van der Waals surface area contributed by atoms with Gasteiger partial charge in [0.2, 0.25) is 0 Å². The molecule has 0 radical (unpaired) electrons. The van der Waals surface area contributed by atoms with Gasteiger partial charge in [-0.15, -0.1) is 0 Å². The van der Waals surface area contributed by atoms with Crippen LogP contribution in [0, 0.1) is 13.8 Å². The zero-order chi connectivity index (χ0) is 13.3. The molecule has 0 atom stereocenters. The summed E-state index contributed by atoms with van der Waals surface area (Å²) in [7, 11) is 0. The van der Waals surface area contributed by atoms with Crippen molar-refractivity contribution < 1.29 is 9.90 Å². The second-order valence-electron chi connectivity index (χ2n) is 4.08. The largest absolute Gasteiger partial charge is 0.508 e. The molecule has 1 aliphatic carbocycles. The molecule has 1 aromatic rings. The fraction of sp³-hybridized carbons (Fsp3) is 0.143. The lowest BCUT2D eigenvalue weighted by molar-refractivity contribution is -0.110. The van der Waals surface area contributed by atoms with Gasteiger partial charge in [-0.05, 0) is 49.3 Å². The summed E-state index contributed by atoms with van der Waals surface area (Å²) in [5, 5.41) is 9.90. The smallest absolute Gasteiger partial charge is 0.180 e. The number of aliphatic imine (C=N–C) groups is 1. The van der Waals surface area contributed by atoms with Crippen LogP contribution in [0.5, 0.6) is 5.75 Å². The third-order valence-corrected chi connectivity index (χ3v) is 3.19. The van der Waals surface area contributed by atoms with Gasteiger partial charge in [-0.1, -0.05) is 11.6 Å². The molecule has 1 N–H and O–H groups in total. The number of ketones is 1. The van der Waals surface area contributed by atoms with Crippen LogP contribution in [-0.4, -0.2) is 16.6 Å². The fourth-order valence-corrected chi connectivity index (χ4v) is 1.83. The van der Waals surface area contributed by atoms with Crippen LogP contribution in [0.1, 0.15) is 11.1 Å². The first-order valence-corrected chi connectivity index (χ1v) is 5.84. The van der Waals surface area contributed by atoms with E-state index in [1.54, 1.807) is 18.2 Å². The van der Waals surface area contributed by atoms with E-state index < -0.39 is 0 Å². The van der Waals surface area contributed by atoms with Crippen molar-refractivity contribution in [3.05, 3.63) is 46.5 Å². The van der Waals surface area contributed by atoms with E-state index in [2.05, 4.69) is 4.99 Å². The summed E-state index contributed by atoms with van der Waals surface area (Å²) < 4.78 is 0. The maximum absolute atomic E-state index is 11.1. The number of benzene rings is 1. The van der Waals surface area contributed by atoms with Gasteiger partial charge in [0.15, 0.2) is 5.78 Å². The Bertz CT molecular complexity index is 612. The number of halogens is 1. The normalized spacial score (nSPS) is 17.2. The number of nitrogens with zero attached hydrogens (tertiary/aromatic N) is 1. The lowest BCUT2D eigenvalue weighted by Gasteiger charge is -2.09. The molecule has 18 heavy (non-hydrogen) atoms. The van der Waals surface area contributed by atoms with E-state index in [0.717, 1.165) is 16.8 Å². The zero-order valence-corrected chi connectivity index (χ0v) is 10.8. The highest BCUT2D eigenvalue weighted by molar-refractivity contribution is 6.48. The fourth-order valence-electron chi connectivity index (χ4n) is 1.62. The summed E-state index contributed by atoms with van der Waals surface area (Å²) in [4.78, 5) is 15.5. The molecule has 0 saturated heterocycles. The van der Waals surface area contributed by atoms with Gasteiger partial charge in [0.05, 0.1) is 16.4 Å². The van der Waals surface area contributed by atoms with Crippen LogP contribution in [0.15, 0.2) is 40.4 Å². The Balaban J connectivity index is 2.47. The predicted molar refractivity (Wildman–Crippen MR) is 72.8 cm³/mol. The third kappa shape index (κ3) is 2.36. The second kappa shape index (κ2) is 4.78. The summed E-state index contributed by atoms with van der Waals surface area (Å²) in [6.45, 7) is 3.70. The quantitative estimate of drug-likeness (QED) is 0.788. The number of aromatic hydroxyl groups is 1. The number of phenols is 1. The van der Waals surface area contributed by atoms with Crippen molar-refractivity contribution >= 4 is 28.8 Å². The molecule has 0 spiro atoms. The maximum atomic E-state index is 11.1. The molecule has 3 nitrogen and oxygen atoms in total. The first-order valence-electron chi connectivity index (χ1n) is 5.46. The summed E-state index contributed by atoms with van der Waals surface area (Å²) in [5.74, 6) is 0.102. The van der Waals surface area contributed by atoms with E-state index >= 15 is 0 Å². The Hall–Kier alpha value is -1.87. The number of allylic oxidation sites excluding steroid dienone is 4. The Labute approximate surface area is 110 Å². The summed E-state index contributed by atoms with van der Waals surface area (Å²) >= 11 is 5.96. The average molecular weight is 262 g/mol. The molecule has 0 heterocycles. The van der Waals surface area contributed by atoms with Crippen LogP contribution in [0.4, 0.5) is 5.69 Å². The summed E-state index contributed by atoms with van der Waals surface area (Å²) in [6, 6.07) is 3.32. The van der Waals surface area contributed by atoms with Crippen LogP contribution in [-0.2, 0) is 4.79 Å². The molecule has 1 aliphatic rings. The van der Waals surface area contributed by atoms with E-state index in [1.165, 1.54) is 12.2 Å². The van der Waals surface area contributed by atoms with Crippen molar-refractivity contribution in [3.63, 3.8) is 0 Å². The Kier molecular flexibility index (Phi) is 3.34. The molecule has 1 aromatic carbocycles. The van der Waals surface area contributed by atoms with Gasteiger partial charge in [0.25, 0.3) is 0 Å². The van der Waals surface area contributed by atoms with Crippen molar-refractivity contribution in [1.82, 2.24) is 0 Å². The molecule has 0 bridgehead atoms. The zero-order valence-electron chi connectivity index (χ0n) is 10.1. The molecule has 0 aromatic heterocycles. The van der Waals surface area contributed by atoms with Gasteiger partial charge in [0, 0.05) is 6.08 Å². The van der Waals surface area contributed by atoms with Crippen molar-refractivity contribution in [2.24, 2.45) is 4.99 Å². The topological polar surface area (TPSA) is 49.7 Å². The summed E-state index contributed by atoms with van der Waals surface area (Å²) in [6.07, 6.45) is 4.35. The highest BCUT2D eigenvalue weighted by Crippen LogP contribution is 2.29. The van der Waals surface area contributed by atoms with E-state index in [1.807, 2.05) is 13.8 Å². The van der Waals surface area contributed by atoms with Crippen LogP contribution in [0.2, 0.25) is 0 Å². The Morgan fingerprint density at radius 1 is 1.17 bits per heavy atom. The molecule has 0 saturated carbocycles. The maximum Gasteiger partial charge on any atom is 0.180 e. The predicted octanol–water partition coefficient (Wildman–Crippen LogP) is 3.34. The number of hydrogen-bond acceptors (Lipinski definition) is 3. The average Bonchev–Trinajstić information content (AvgIpc) is 2.33. The van der Waals surface area contributed by atoms with Crippen LogP contribution in [0.25, 0.3) is 0 Å². The van der Waals surface area contributed by atoms with Gasteiger partial charge >= 0.3 is 0 Å². The highest BCUT2D eigenvalue weighted by atomic mass is 35.5. The van der Waals surface area contributed by atoms with E-state index in [-0.39, 0.29) is 11.5 Å². The molecule has 0 fully saturated rings. The summed E-state index contributed by atoms with van der Waals surface area (Å²) in [5.41, 5.74) is 2.94. The van der Waals surface area contributed by atoms with Gasteiger partial charge in [0.1, 0.15) is 5.75 Å². The molecular formula is C14H12ClNO2. The lowest BCUT2D eigenvalue weighted by atomic mass is 10.1. The second-order valence-corrected chi connectivity index (χ2v) is 4.49. The third-order valence-electron chi connectivity index (χ3n) is 2.89. The van der Waals surface area contributed by atoms with Gasteiger partial charge < -0.3 is 5.11 Å². The number of hydrogen-bond donors (Lipinski definition) is 1. The van der Waals surface area contributed by atoms with Gasteiger partial charge in [-0.2, -0.15) is 0 Å². The minimum Gasteiger partial charge on any atom is -0.508 e. The van der Waals surface area contributed by atoms with Crippen molar-refractivity contribution in [3.8, 4) is 5.75 Å². The molecule has 2 rings (SSSR count). The van der Waals surface area contributed by atoms with Crippen molar-refractivity contribution in [2.75, 3.05) is 0 Å². The van der Waals surface area contributed by atoms with Crippen LogP contribution < -0.4 is 0 Å². The number of rotatable bonds is 1. The van der Waals surface area contributed by atoms with E-state index in [9.17, 15) is 9.90 Å². The number of carbonyl (C=O) groups excluding carboxylic acids is 1. The Morgan fingerprint density at radius 3 is 2.56 bits per heavy atom. The van der Waals surface area contributed by atoms with Crippen molar-refractivity contribution in [1.29, 1.82) is 0 Å². The molecule has 4 heteroatoms. The molecule has 0 unspecified atom stereocenters. The van der Waals surface area contributed by atoms with Crippen LogP contribution >= 0.6 is 11.6 Å². The standard InChI is InChI=1S/C14H12ClNO2/c1-8-9(2)14(18)6-5-12(8)16-13-4-3-10(17)7-11(13)15/h3-7,18H,1-2H3. The highest BCUT2D eigenvalue weighted by Gasteiger charge is 2.11. The monoisotopic (exact) mass is 261 g/mol. The molecule has 92 valence electrons. The molecule has 0 amide bonds. The molecular weight excluding hydrogens is 250 g/mol. The number of phenolic OH excluding ortho intramolecular Hbond substituents is 1. The minimum absolute atomic E-state index is 0.141. The molecule has 0 aliphatic heterocycles. The minimum atomic E-state index is -0.141. The van der Waals surface area contributed by atoms with E-state index in [4.69, 9.17) is 11.6 Å². The first kappa shape index (κ1) is 12.6.